The molecule has 1 aromatic rings. The number of thiophene rings is 1. The molecule has 0 saturated heterocycles. The van der Waals surface area contributed by atoms with Crippen LogP contribution in [-0.2, 0) is 0 Å². The molecule has 2 rings (SSSR count). The van der Waals surface area contributed by atoms with Crippen LogP contribution in [0.5, 0.6) is 0 Å². The van der Waals surface area contributed by atoms with Crippen LogP contribution in [0.3, 0.4) is 0 Å². The molecule has 0 bridgehead atoms. The Balaban J connectivity index is 2.23. The second-order valence-corrected chi connectivity index (χ2v) is 5.99. The summed E-state index contributed by atoms with van der Waals surface area (Å²) < 4.78 is 1.23. The summed E-state index contributed by atoms with van der Waals surface area (Å²) in [5.41, 5.74) is 1.83. The molecule has 1 atom stereocenters. The van der Waals surface area contributed by atoms with E-state index in [1.165, 1.54) is 17.8 Å². The molecular formula is C11H12Cl2OS. The molecule has 0 aromatic carbocycles. The third kappa shape index (κ3) is 2.56. The van der Waals surface area contributed by atoms with Crippen LogP contribution in [0.2, 0.25) is 8.67 Å². The Hall–Kier alpha value is -0.0200. The van der Waals surface area contributed by atoms with Crippen molar-refractivity contribution in [3.63, 3.8) is 0 Å². The number of aliphatic hydroxyl groups is 1. The van der Waals surface area contributed by atoms with E-state index in [9.17, 15) is 5.11 Å². The van der Waals surface area contributed by atoms with Crippen LogP contribution in [0.25, 0.3) is 0 Å². The van der Waals surface area contributed by atoms with E-state index in [1.807, 2.05) is 0 Å². The van der Waals surface area contributed by atoms with Crippen molar-refractivity contribution in [1.82, 2.24) is 0 Å². The van der Waals surface area contributed by atoms with Crippen molar-refractivity contribution in [1.29, 1.82) is 0 Å². The van der Waals surface area contributed by atoms with E-state index in [-0.39, 0.29) is 0 Å². The van der Waals surface area contributed by atoms with Gasteiger partial charge in [0.2, 0.25) is 0 Å². The van der Waals surface area contributed by atoms with Crippen LogP contribution in [-0.4, -0.2) is 5.11 Å². The molecule has 0 radical (unpaired) electrons. The first-order chi connectivity index (χ1) is 7.18. The second-order valence-electron chi connectivity index (χ2n) is 3.71. The van der Waals surface area contributed by atoms with Gasteiger partial charge in [-0.05, 0) is 37.3 Å². The molecule has 1 N–H and O–H groups in total. The molecule has 1 aliphatic carbocycles. The molecule has 82 valence electrons. The quantitative estimate of drug-likeness (QED) is 0.774. The molecule has 1 aliphatic rings. The number of allylic oxidation sites excluding steroid dienone is 1. The predicted molar refractivity (Wildman–Crippen MR) is 65.8 cm³/mol. The molecular weight excluding hydrogens is 251 g/mol. The largest absolute Gasteiger partial charge is 0.384 e. The van der Waals surface area contributed by atoms with Crippen LogP contribution in [0.1, 0.15) is 37.4 Å². The minimum atomic E-state index is -0.568. The molecule has 0 fully saturated rings. The standard InChI is InChI=1S/C11H12Cl2OS/c12-9-6-8(11(13)15-9)10(14)7-4-2-1-3-5-7/h4,6,10,14H,1-3,5H2. The fourth-order valence-electron chi connectivity index (χ4n) is 1.85. The summed E-state index contributed by atoms with van der Waals surface area (Å²) >= 11 is 13.2. The van der Waals surface area contributed by atoms with Crippen molar-refractivity contribution in [2.75, 3.05) is 0 Å². The van der Waals surface area contributed by atoms with Crippen molar-refractivity contribution >= 4 is 34.5 Å². The number of hydrogen-bond acceptors (Lipinski definition) is 2. The normalized spacial score (nSPS) is 18.7. The molecule has 1 heterocycles. The van der Waals surface area contributed by atoms with Crippen LogP contribution in [0.15, 0.2) is 17.7 Å². The van der Waals surface area contributed by atoms with Gasteiger partial charge in [-0.15, -0.1) is 11.3 Å². The number of aliphatic hydroxyl groups excluding tert-OH is 1. The fourth-order valence-corrected chi connectivity index (χ4v) is 3.37. The molecule has 0 saturated carbocycles. The molecule has 0 aliphatic heterocycles. The van der Waals surface area contributed by atoms with Gasteiger partial charge in [0.1, 0.15) is 10.4 Å². The Morgan fingerprint density at radius 3 is 2.67 bits per heavy atom. The van der Waals surface area contributed by atoms with Gasteiger partial charge >= 0.3 is 0 Å². The van der Waals surface area contributed by atoms with Crippen LogP contribution in [0, 0.1) is 0 Å². The summed E-state index contributed by atoms with van der Waals surface area (Å²) in [6, 6.07) is 1.76. The van der Waals surface area contributed by atoms with E-state index in [1.54, 1.807) is 6.07 Å². The van der Waals surface area contributed by atoms with Gasteiger partial charge in [0.05, 0.1) is 4.34 Å². The summed E-state index contributed by atoms with van der Waals surface area (Å²) in [5, 5.41) is 10.1. The number of halogens is 2. The molecule has 0 amide bonds. The average molecular weight is 263 g/mol. The van der Waals surface area contributed by atoms with Crippen LogP contribution >= 0.6 is 34.5 Å². The van der Waals surface area contributed by atoms with Crippen LogP contribution in [0.4, 0.5) is 0 Å². The zero-order chi connectivity index (χ0) is 10.8. The summed E-state index contributed by atoms with van der Waals surface area (Å²) in [7, 11) is 0. The summed E-state index contributed by atoms with van der Waals surface area (Å²) in [5.74, 6) is 0. The van der Waals surface area contributed by atoms with Gasteiger partial charge in [0, 0.05) is 5.56 Å². The molecule has 1 nitrogen and oxygen atoms in total. The Morgan fingerprint density at radius 2 is 2.13 bits per heavy atom. The topological polar surface area (TPSA) is 20.2 Å². The minimum absolute atomic E-state index is 0.568. The molecule has 0 spiro atoms. The average Bonchev–Trinajstić information content (AvgIpc) is 2.58. The SMILES string of the molecule is OC(C1=CCCCC1)c1cc(Cl)sc1Cl. The first-order valence-electron chi connectivity index (χ1n) is 5.00. The van der Waals surface area contributed by atoms with Crippen molar-refractivity contribution < 1.29 is 5.11 Å². The Bertz CT molecular complexity index is 384. The summed E-state index contributed by atoms with van der Waals surface area (Å²) in [6.45, 7) is 0. The highest BCUT2D eigenvalue weighted by Crippen LogP contribution is 2.39. The van der Waals surface area contributed by atoms with Gasteiger partial charge < -0.3 is 5.11 Å². The highest BCUT2D eigenvalue weighted by Gasteiger charge is 2.19. The van der Waals surface area contributed by atoms with Gasteiger partial charge in [-0.2, -0.15) is 0 Å². The Labute approximate surface area is 103 Å². The highest BCUT2D eigenvalue weighted by molar-refractivity contribution is 7.20. The lowest BCUT2D eigenvalue weighted by molar-refractivity contribution is 0.209. The van der Waals surface area contributed by atoms with Gasteiger partial charge in [-0.1, -0.05) is 29.3 Å². The van der Waals surface area contributed by atoms with E-state index < -0.39 is 6.10 Å². The predicted octanol–water partition coefficient (Wildman–Crippen LogP) is 4.59. The van der Waals surface area contributed by atoms with Gasteiger partial charge in [0.25, 0.3) is 0 Å². The van der Waals surface area contributed by atoms with Gasteiger partial charge in [-0.25, -0.2) is 0 Å². The molecule has 15 heavy (non-hydrogen) atoms. The molecule has 1 unspecified atom stereocenters. The zero-order valence-electron chi connectivity index (χ0n) is 8.17. The van der Waals surface area contributed by atoms with Gasteiger partial charge in [-0.3, -0.25) is 0 Å². The van der Waals surface area contributed by atoms with E-state index in [0.717, 1.165) is 30.4 Å². The Kier molecular flexibility index (Phi) is 3.73. The van der Waals surface area contributed by atoms with E-state index in [4.69, 9.17) is 23.2 Å². The highest BCUT2D eigenvalue weighted by atomic mass is 35.5. The van der Waals surface area contributed by atoms with Crippen LogP contribution < -0.4 is 0 Å². The monoisotopic (exact) mass is 262 g/mol. The molecule has 4 heteroatoms. The summed E-state index contributed by atoms with van der Waals surface area (Å²) in [4.78, 5) is 0. The zero-order valence-corrected chi connectivity index (χ0v) is 10.5. The van der Waals surface area contributed by atoms with E-state index in [0.29, 0.717) is 8.67 Å². The number of rotatable bonds is 2. The smallest absolute Gasteiger partial charge is 0.102 e. The lowest BCUT2D eigenvalue weighted by Crippen LogP contribution is -2.04. The lowest BCUT2D eigenvalue weighted by Gasteiger charge is -2.18. The number of hydrogen-bond donors (Lipinski definition) is 1. The van der Waals surface area contributed by atoms with Gasteiger partial charge in [0.15, 0.2) is 0 Å². The van der Waals surface area contributed by atoms with E-state index in [2.05, 4.69) is 6.08 Å². The minimum Gasteiger partial charge on any atom is -0.384 e. The van der Waals surface area contributed by atoms with E-state index >= 15 is 0 Å². The first-order valence-corrected chi connectivity index (χ1v) is 6.57. The van der Waals surface area contributed by atoms with Crippen molar-refractivity contribution in [2.45, 2.75) is 31.8 Å². The maximum Gasteiger partial charge on any atom is 0.102 e. The summed E-state index contributed by atoms with van der Waals surface area (Å²) in [6.07, 6.45) is 5.94. The van der Waals surface area contributed by atoms with Crippen molar-refractivity contribution in [3.8, 4) is 0 Å². The fraction of sp³-hybridized carbons (Fsp3) is 0.455. The Morgan fingerprint density at radius 1 is 1.33 bits per heavy atom. The van der Waals surface area contributed by atoms with Crippen molar-refractivity contribution in [2.24, 2.45) is 0 Å². The third-order valence-electron chi connectivity index (χ3n) is 2.65. The van der Waals surface area contributed by atoms with Crippen molar-refractivity contribution in [3.05, 3.63) is 32.0 Å². The third-order valence-corrected chi connectivity index (χ3v) is 4.17. The lowest BCUT2D eigenvalue weighted by atomic mass is 9.93. The first kappa shape index (κ1) is 11.5. The molecule has 1 aromatic heterocycles. The maximum atomic E-state index is 10.1. The maximum absolute atomic E-state index is 10.1. The second kappa shape index (κ2) is 4.88.